The minimum Gasteiger partial charge on any atom is -0.358 e. The van der Waals surface area contributed by atoms with Crippen molar-refractivity contribution in [3.05, 3.63) is 113 Å². The average Bonchev–Trinajstić information content (AvgIpc) is 3.26. The number of carbonyl (C=O) groups is 2. The van der Waals surface area contributed by atoms with E-state index in [9.17, 15) is 9.59 Å². The number of aryl methyl sites for hydroxylation is 1. The molecule has 5 rings (SSSR count). The topological polar surface area (TPSA) is 57.6 Å². The van der Waals surface area contributed by atoms with Crippen molar-refractivity contribution in [3.8, 4) is 11.1 Å². The molecule has 0 saturated carbocycles. The molecule has 0 unspecified atom stereocenters. The Morgan fingerprint density at radius 3 is 2.38 bits per heavy atom. The lowest BCUT2D eigenvalue weighted by molar-refractivity contribution is 0.0941. The van der Waals surface area contributed by atoms with E-state index in [0.717, 1.165) is 35.5 Å². The Kier molecular flexibility index (Phi) is 7.94. The zero-order valence-electron chi connectivity index (χ0n) is 23.0. The molecule has 0 fully saturated rings. The van der Waals surface area contributed by atoms with Crippen LogP contribution in [0.15, 0.2) is 84.9 Å². The van der Waals surface area contributed by atoms with Gasteiger partial charge in [-0.1, -0.05) is 66.7 Å². The van der Waals surface area contributed by atoms with Crippen LogP contribution in [0.4, 0.5) is 5.69 Å². The minimum absolute atomic E-state index is 0.0595. The summed E-state index contributed by atoms with van der Waals surface area (Å²) in [6.45, 7) is 5.07. The number of anilines is 1. The molecule has 0 spiro atoms. The monoisotopic (exact) mass is 520 g/mol. The third kappa shape index (κ3) is 5.96. The van der Waals surface area contributed by atoms with E-state index in [1.165, 1.54) is 11.1 Å². The number of nitrogens with one attached hydrogen (secondary N) is 1. The second-order valence-corrected chi connectivity index (χ2v) is 10.5. The lowest BCUT2D eigenvalue weighted by atomic mass is 9.98. The van der Waals surface area contributed by atoms with E-state index in [-0.39, 0.29) is 18.2 Å². The molecule has 1 N–H and O–H groups in total. The van der Waals surface area contributed by atoms with Crippen LogP contribution in [-0.2, 0) is 13.1 Å². The molecule has 1 aliphatic heterocycles. The van der Waals surface area contributed by atoms with Crippen molar-refractivity contribution < 1.29 is 9.59 Å². The molecule has 1 amide bonds. The number of fused-ring (bicyclic) bond motifs is 2. The van der Waals surface area contributed by atoms with Crippen molar-refractivity contribution in [1.29, 1.82) is 0 Å². The van der Waals surface area contributed by atoms with Gasteiger partial charge in [-0.15, -0.1) is 0 Å². The lowest BCUT2D eigenvalue weighted by Crippen LogP contribution is -2.30. The Morgan fingerprint density at radius 1 is 0.872 bits per heavy atom. The molecule has 0 atom stereocenters. The van der Waals surface area contributed by atoms with E-state index in [0.29, 0.717) is 30.9 Å². The van der Waals surface area contributed by atoms with Gasteiger partial charge < -0.3 is 19.7 Å². The summed E-state index contributed by atoms with van der Waals surface area (Å²) >= 11 is 0. The Morgan fingerprint density at radius 2 is 1.62 bits per heavy atom. The third-order valence-electron chi connectivity index (χ3n) is 7.38. The zero-order valence-corrected chi connectivity index (χ0v) is 23.0. The molecule has 0 saturated heterocycles. The smallest absolute Gasteiger partial charge is 0.267 e. The fraction of sp³-hybridized carbons (Fsp3) is 0.273. The molecular formula is C33H36N4O2. The quantitative estimate of drug-likeness (QED) is 0.237. The van der Waals surface area contributed by atoms with E-state index in [1.807, 2.05) is 74.8 Å². The highest BCUT2D eigenvalue weighted by atomic mass is 16.2. The van der Waals surface area contributed by atoms with Gasteiger partial charge in [-0.2, -0.15) is 0 Å². The lowest BCUT2D eigenvalue weighted by Gasteiger charge is -2.24. The van der Waals surface area contributed by atoms with Crippen molar-refractivity contribution in [2.45, 2.75) is 26.4 Å². The SMILES string of the molecule is Cc1ccccc1-c1ccc(C(=O)CN2Cc3ccc(C(=O)NCCCN(C)C)n3Cc3ccccc32)cc1. The van der Waals surface area contributed by atoms with Gasteiger partial charge in [-0.3, -0.25) is 9.59 Å². The molecule has 3 aromatic carbocycles. The normalized spacial score (nSPS) is 12.6. The van der Waals surface area contributed by atoms with Crippen LogP contribution >= 0.6 is 0 Å². The number of hydrogen-bond donors (Lipinski definition) is 1. The van der Waals surface area contributed by atoms with Crippen molar-refractivity contribution >= 4 is 17.4 Å². The van der Waals surface area contributed by atoms with E-state index in [1.54, 1.807) is 0 Å². The summed E-state index contributed by atoms with van der Waals surface area (Å²) in [5.41, 5.74) is 7.99. The van der Waals surface area contributed by atoms with Crippen LogP contribution in [0.2, 0.25) is 0 Å². The molecular weight excluding hydrogens is 484 g/mol. The number of aromatic nitrogens is 1. The number of carbonyl (C=O) groups excluding carboxylic acids is 2. The number of nitrogens with zero attached hydrogens (tertiary/aromatic N) is 3. The average molecular weight is 521 g/mol. The van der Waals surface area contributed by atoms with Crippen LogP contribution in [0, 0.1) is 6.92 Å². The van der Waals surface area contributed by atoms with E-state index >= 15 is 0 Å². The molecule has 0 bridgehead atoms. The van der Waals surface area contributed by atoms with Gasteiger partial charge in [0.2, 0.25) is 0 Å². The van der Waals surface area contributed by atoms with Gasteiger partial charge in [0.05, 0.1) is 19.6 Å². The summed E-state index contributed by atoms with van der Waals surface area (Å²) in [5.74, 6) is 0.00996. The summed E-state index contributed by atoms with van der Waals surface area (Å²) in [4.78, 5) is 30.7. The number of Topliss-reactive ketones (excluding diaryl/α,β-unsaturated/α-hetero) is 1. The number of para-hydroxylation sites is 1. The van der Waals surface area contributed by atoms with E-state index in [2.05, 4.69) is 50.9 Å². The van der Waals surface area contributed by atoms with Gasteiger partial charge in [0.1, 0.15) is 5.69 Å². The van der Waals surface area contributed by atoms with Crippen LogP contribution in [0.1, 0.15) is 44.1 Å². The highest BCUT2D eigenvalue weighted by Crippen LogP contribution is 2.30. The largest absolute Gasteiger partial charge is 0.358 e. The number of ketones is 1. The summed E-state index contributed by atoms with van der Waals surface area (Å²) in [7, 11) is 4.06. The highest BCUT2D eigenvalue weighted by molar-refractivity contribution is 6.00. The predicted molar refractivity (Wildman–Crippen MR) is 157 cm³/mol. The van der Waals surface area contributed by atoms with Gasteiger partial charge in [-0.05, 0) is 74.4 Å². The van der Waals surface area contributed by atoms with Crippen molar-refractivity contribution in [1.82, 2.24) is 14.8 Å². The first-order valence-corrected chi connectivity index (χ1v) is 13.5. The second-order valence-electron chi connectivity index (χ2n) is 10.5. The maximum absolute atomic E-state index is 13.5. The van der Waals surface area contributed by atoms with E-state index < -0.39 is 0 Å². The van der Waals surface area contributed by atoms with Crippen molar-refractivity contribution in [2.75, 3.05) is 38.6 Å². The van der Waals surface area contributed by atoms with Gasteiger partial charge in [0, 0.05) is 23.5 Å². The summed E-state index contributed by atoms with van der Waals surface area (Å²) in [6.07, 6.45) is 0.900. The van der Waals surface area contributed by atoms with Gasteiger partial charge in [0.15, 0.2) is 5.78 Å². The molecule has 1 aromatic heterocycles. The van der Waals surface area contributed by atoms with Crippen LogP contribution in [0.3, 0.4) is 0 Å². The molecule has 1 aliphatic rings. The first-order valence-electron chi connectivity index (χ1n) is 13.5. The highest BCUT2D eigenvalue weighted by Gasteiger charge is 2.24. The molecule has 0 aliphatic carbocycles. The first-order chi connectivity index (χ1) is 18.9. The second kappa shape index (κ2) is 11.7. The number of benzene rings is 3. The summed E-state index contributed by atoms with van der Waals surface area (Å²) in [6, 6.07) is 28.3. The Hall–Kier alpha value is -4.16. The van der Waals surface area contributed by atoms with Crippen molar-refractivity contribution in [3.63, 3.8) is 0 Å². The predicted octanol–water partition coefficient (Wildman–Crippen LogP) is 5.40. The molecule has 2 heterocycles. The molecule has 6 heteroatoms. The minimum atomic E-state index is -0.0595. The van der Waals surface area contributed by atoms with E-state index in [4.69, 9.17) is 0 Å². The summed E-state index contributed by atoms with van der Waals surface area (Å²) < 4.78 is 2.08. The van der Waals surface area contributed by atoms with Crippen LogP contribution < -0.4 is 10.2 Å². The fourth-order valence-corrected chi connectivity index (χ4v) is 5.26. The molecule has 200 valence electrons. The Bertz CT molecular complexity index is 1470. The third-order valence-corrected chi connectivity index (χ3v) is 7.38. The first kappa shape index (κ1) is 26.4. The Labute approximate surface area is 230 Å². The Balaban J connectivity index is 1.34. The number of hydrogen-bond acceptors (Lipinski definition) is 4. The van der Waals surface area contributed by atoms with Gasteiger partial charge >= 0.3 is 0 Å². The van der Waals surface area contributed by atoms with Crippen LogP contribution in [0.5, 0.6) is 0 Å². The maximum Gasteiger partial charge on any atom is 0.267 e. The molecule has 4 aromatic rings. The summed E-state index contributed by atoms with van der Waals surface area (Å²) in [5, 5.41) is 3.07. The number of rotatable bonds is 9. The number of amides is 1. The zero-order chi connectivity index (χ0) is 27.4. The maximum atomic E-state index is 13.5. The van der Waals surface area contributed by atoms with Crippen LogP contribution in [0.25, 0.3) is 11.1 Å². The fourth-order valence-electron chi connectivity index (χ4n) is 5.26. The molecule has 0 radical (unpaired) electrons. The van der Waals surface area contributed by atoms with Gasteiger partial charge in [0.25, 0.3) is 5.91 Å². The molecule has 6 nitrogen and oxygen atoms in total. The standard InChI is InChI=1S/C33H36N4O2/c1-24-9-4-6-11-29(24)25-13-15-26(16-14-25)32(38)23-36-22-28-17-18-31(33(39)34-19-8-20-35(2)3)37(28)21-27-10-5-7-12-30(27)36/h4-7,9-18H,8,19-23H2,1-3H3,(H,34,39). The van der Waals surface area contributed by atoms with Crippen LogP contribution in [-0.4, -0.2) is 54.9 Å². The van der Waals surface area contributed by atoms with Gasteiger partial charge in [-0.25, -0.2) is 0 Å². The molecule has 39 heavy (non-hydrogen) atoms. The van der Waals surface area contributed by atoms with Crippen molar-refractivity contribution in [2.24, 2.45) is 0 Å².